The molecule has 0 aliphatic carbocycles. The molecule has 0 heterocycles. The zero-order chi connectivity index (χ0) is 33.6. The number of carbonyl (C=O) groups is 2. The Morgan fingerprint density at radius 3 is 1.91 bits per heavy atom. The van der Waals surface area contributed by atoms with Crippen LogP contribution in [0.25, 0.3) is 0 Å². The molecule has 46 heavy (non-hydrogen) atoms. The van der Waals surface area contributed by atoms with E-state index in [1.54, 1.807) is 94.1 Å². The third-order valence-electron chi connectivity index (χ3n) is 4.23. The van der Waals surface area contributed by atoms with Gasteiger partial charge in [0.1, 0.15) is 5.94 Å². The number of nitrogens with zero attached hydrogens (tertiary/aromatic N) is 2. The van der Waals surface area contributed by atoms with E-state index in [2.05, 4.69) is 20.6 Å². The monoisotopic (exact) mass is 854 g/mol. The summed E-state index contributed by atoms with van der Waals surface area (Å²) in [5.41, 5.74) is 1.51. The number of hydrogen-bond acceptors (Lipinski definition) is 19. The van der Waals surface area contributed by atoms with Crippen LogP contribution in [0.15, 0.2) is 9.98 Å². The molecule has 0 spiro atoms. The van der Waals surface area contributed by atoms with Crippen molar-refractivity contribution in [2.75, 3.05) is 117 Å². The zero-order valence-corrected chi connectivity index (χ0v) is 34.6. The highest BCUT2D eigenvalue weighted by Gasteiger charge is 2.03. The number of rotatable bonds is 34. The molecule has 0 aromatic rings. The fourth-order valence-corrected chi connectivity index (χ4v) is 11.7. The van der Waals surface area contributed by atoms with E-state index in [1.807, 2.05) is 0 Å². The number of aliphatic hydroxyl groups excluding tert-OH is 2. The number of thioether (sulfide) groups is 10. The van der Waals surface area contributed by atoms with Gasteiger partial charge in [0.05, 0.1) is 53.1 Å². The van der Waals surface area contributed by atoms with E-state index >= 15 is 0 Å². The lowest BCUT2D eigenvalue weighted by atomic mass is 10.9. The molecule has 4 N–H and O–H groups in total. The SMILES string of the molecule is O=C(NCSCCSC/N=C\OOCSCCSCSC(=O)NCSCCSC/N=C\S(=O)CCSCCO)SCCSCCO. The fraction of sp³-hybridized carbons (Fsp3) is 0.833. The molecule has 0 saturated carbocycles. The second kappa shape index (κ2) is 41.0. The molecule has 0 fully saturated rings. The van der Waals surface area contributed by atoms with Crippen LogP contribution in [0, 0.1) is 0 Å². The van der Waals surface area contributed by atoms with Gasteiger partial charge in [-0.15, -0.1) is 70.6 Å². The maximum absolute atomic E-state index is 11.9. The van der Waals surface area contributed by atoms with E-state index in [-0.39, 0.29) is 23.7 Å². The van der Waals surface area contributed by atoms with Gasteiger partial charge >= 0.3 is 0 Å². The number of aliphatic hydroxyl groups is 2. The predicted molar refractivity (Wildman–Crippen MR) is 222 cm³/mol. The van der Waals surface area contributed by atoms with Gasteiger partial charge < -0.3 is 25.7 Å². The lowest BCUT2D eigenvalue weighted by molar-refractivity contribution is -0.196. The minimum atomic E-state index is -1.04. The normalized spacial score (nSPS) is 12.2. The number of amides is 2. The first-order chi connectivity index (χ1) is 22.6. The minimum absolute atomic E-state index is 0.00560. The first-order valence-electron chi connectivity index (χ1n) is 13.9. The average Bonchev–Trinajstić information content (AvgIpc) is 3.05. The lowest BCUT2D eigenvalue weighted by Crippen LogP contribution is -2.18. The van der Waals surface area contributed by atoms with Gasteiger partial charge in [0, 0.05) is 74.1 Å². The maximum Gasteiger partial charge on any atom is 0.280 e. The van der Waals surface area contributed by atoms with Crippen LogP contribution in [-0.4, -0.2) is 154 Å². The zero-order valence-electron chi connectivity index (χ0n) is 25.6. The standard InChI is InChI=1S/C24H46N4O7S11/c29-1-3-36-11-12-44-23(31)27-18-40-7-5-38-16-25-15-34-35-21-42-9-10-43-22-45-24(32)28-19-41-8-6-39-17-26-20-46(33)14-13-37-4-2-30/h15,20,29-30H,1-14,16-19,21-22H2,(H,27,31)(H,28,32)/b25-15-,26-20-. The highest BCUT2D eigenvalue weighted by molar-refractivity contribution is 8.24. The largest absolute Gasteiger partial charge is 0.396 e. The van der Waals surface area contributed by atoms with Crippen LogP contribution in [0.5, 0.6) is 0 Å². The van der Waals surface area contributed by atoms with Gasteiger partial charge in [-0.05, 0) is 0 Å². The molecule has 0 radical (unpaired) electrons. The molecule has 0 rings (SSSR count). The molecule has 0 aliphatic rings. The number of aliphatic imine (C=N–C) groups is 2. The van der Waals surface area contributed by atoms with Crippen LogP contribution in [0.1, 0.15) is 0 Å². The molecule has 0 aliphatic heterocycles. The highest BCUT2D eigenvalue weighted by atomic mass is 32.2. The molecular weight excluding hydrogens is 809 g/mol. The molecular formula is C24H46N4O7S11. The second-order valence-corrected chi connectivity index (χ2v) is 20.4. The molecule has 1 unspecified atom stereocenters. The van der Waals surface area contributed by atoms with Gasteiger partial charge in [0.15, 0.2) is 0 Å². The van der Waals surface area contributed by atoms with Crippen molar-refractivity contribution in [3.05, 3.63) is 0 Å². The fourth-order valence-electron chi connectivity index (χ4n) is 2.25. The smallest absolute Gasteiger partial charge is 0.280 e. The van der Waals surface area contributed by atoms with E-state index in [4.69, 9.17) is 20.0 Å². The van der Waals surface area contributed by atoms with Crippen molar-refractivity contribution in [1.29, 1.82) is 0 Å². The summed E-state index contributed by atoms with van der Waals surface area (Å²) in [7, 11) is -1.04. The third-order valence-corrected chi connectivity index (χ3v) is 15.4. The van der Waals surface area contributed by atoms with Crippen molar-refractivity contribution >= 4 is 151 Å². The third kappa shape index (κ3) is 40.0. The number of hydrogen-bond donors (Lipinski definition) is 4. The summed E-state index contributed by atoms with van der Waals surface area (Å²) in [6.45, 7) is 0.326. The van der Waals surface area contributed by atoms with Crippen molar-refractivity contribution in [3.8, 4) is 0 Å². The number of nitrogens with one attached hydrogen (secondary N) is 2. The predicted octanol–water partition coefficient (Wildman–Crippen LogP) is 5.22. The van der Waals surface area contributed by atoms with Crippen LogP contribution < -0.4 is 10.6 Å². The molecule has 0 bridgehead atoms. The van der Waals surface area contributed by atoms with Gasteiger partial charge in [0.25, 0.3) is 10.5 Å². The van der Waals surface area contributed by atoms with E-state index in [9.17, 15) is 13.8 Å². The molecule has 2 amide bonds. The second-order valence-electron chi connectivity index (χ2n) is 7.70. The van der Waals surface area contributed by atoms with Crippen LogP contribution in [0.2, 0.25) is 0 Å². The van der Waals surface area contributed by atoms with E-state index in [1.165, 1.54) is 35.5 Å². The average molecular weight is 855 g/mol. The topological polar surface area (TPSA) is 159 Å². The van der Waals surface area contributed by atoms with Crippen molar-refractivity contribution in [1.82, 2.24) is 10.6 Å². The van der Waals surface area contributed by atoms with Crippen LogP contribution >= 0.6 is 118 Å². The molecule has 0 saturated heterocycles. The summed E-state index contributed by atoms with van der Waals surface area (Å²) >= 11 is 15.8. The van der Waals surface area contributed by atoms with Crippen molar-refractivity contribution < 1.29 is 33.8 Å². The molecule has 1 atom stereocenters. The van der Waals surface area contributed by atoms with Gasteiger partial charge in [0.2, 0.25) is 6.40 Å². The minimum Gasteiger partial charge on any atom is -0.396 e. The Bertz CT molecular complexity index is 797. The summed E-state index contributed by atoms with van der Waals surface area (Å²) < 4.78 is 11.7. The Kier molecular flexibility index (Phi) is 42.5. The Morgan fingerprint density at radius 1 is 0.652 bits per heavy atom. The Morgan fingerprint density at radius 2 is 1.22 bits per heavy atom. The summed E-state index contributed by atoms with van der Waals surface area (Å²) in [5, 5.41) is 23.9. The van der Waals surface area contributed by atoms with Crippen LogP contribution in [0.4, 0.5) is 9.59 Å². The van der Waals surface area contributed by atoms with E-state index in [0.29, 0.717) is 51.8 Å². The first kappa shape index (κ1) is 47.6. The summed E-state index contributed by atoms with van der Waals surface area (Å²) in [5.74, 6) is 12.5. The first-order valence-corrected chi connectivity index (χ1v) is 26.5. The van der Waals surface area contributed by atoms with Crippen LogP contribution in [0.3, 0.4) is 0 Å². The van der Waals surface area contributed by atoms with E-state index < -0.39 is 10.8 Å². The molecule has 0 aromatic carbocycles. The maximum atomic E-state index is 11.9. The van der Waals surface area contributed by atoms with Gasteiger partial charge in [-0.1, -0.05) is 23.5 Å². The highest BCUT2D eigenvalue weighted by Crippen LogP contribution is 2.15. The molecule has 11 nitrogen and oxygen atoms in total. The summed E-state index contributed by atoms with van der Waals surface area (Å²) in [6.07, 6.45) is 1.31. The quantitative estimate of drug-likeness (QED) is 0.0167. The van der Waals surface area contributed by atoms with E-state index in [0.717, 1.165) is 51.8 Å². The Balaban J connectivity index is 3.32. The Labute approximate surface area is 319 Å². The van der Waals surface area contributed by atoms with Crippen molar-refractivity contribution in [3.63, 3.8) is 0 Å². The van der Waals surface area contributed by atoms with Crippen LogP contribution in [-0.2, 0) is 20.6 Å². The van der Waals surface area contributed by atoms with Crippen molar-refractivity contribution in [2.45, 2.75) is 0 Å². The molecule has 270 valence electrons. The Hall–Kier alpha value is 1.61. The van der Waals surface area contributed by atoms with Gasteiger partial charge in [-0.25, -0.2) is 4.99 Å². The molecule has 22 heteroatoms. The lowest BCUT2D eigenvalue weighted by Gasteiger charge is -2.05. The van der Waals surface area contributed by atoms with Gasteiger partial charge in [-0.2, -0.15) is 28.4 Å². The number of carbonyl (C=O) groups excluding carboxylic acids is 2. The van der Waals surface area contributed by atoms with Crippen molar-refractivity contribution in [2.24, 2.45) is 9.98 Å². The summed E-state index contributed by atoms with van der Waals surface area (Å²) in [6, 6.07) is 0. The van der Waals surface area contributed by atoms with Gasteiger partial charge in [-0.3, -0.25) is 18.8 Å². The molecule has 0 aromatic heterocycles. The summed E-state index contributed by atoms with van der Waals surface area (Å²) in [4.78, 5) is 41.9.